The quantitative estimate of drug-likeness (QED) is 0.535. The number of nitrogens with zero attached hydrogens (tertiary/aromatic N) is 2. The minimum absolute atomic E-state index is 0.0322. The Morgan fingerprint density at radius 2 is 2.11 bits per heavy atom. The van der Waals surface area contributed by atoms with Gasteiger partial charge in [-0.15, -0.1) is 6.58 Å². The summed E-state index contributed by atoms with van der Waals surface area (Å²) in [7, 11) is 1.68. The minimum atomic E-state index is -1.65. The summed E-state index contributed by atoms with van der Waals surface area (Å²) in [6.45, 7) is 13.5. The average molecular weight is 388 g/mol. The predicted molar refractivity (Wildman–Crippen MR) is 115 cm³/mol. The van der Waals surface area contributed by atoms with Gasteiger partial charge in [-0.2, -0.15) is 8.78 Å². The van der Waals surface area contributed by atoms with Gasteiger partial charge < -0.3 is 15.1 Å². The lowest BCUT2D eigenvalue weighted by molar-refractivity contribution is 0.355. The number of nitrogens with one attached hydrogen (secondary N) is 1. The van der Waals surface area contributed by atoms with Crippen molar-refractivity contribution in [2.45, 2.75) is 39.5 Å². The number of allylic oxidation sites excluding steroid dienone is 3. The maximum absolute atomic E-state index is 13.4. The largest absolute Gasteiger partial charge is 0.385 e. The molecule has 1 aromatic carbocycles. The molecule has 0 aromatic heterocycles. The van der Waals surface area contributed by atoms with E-state index in [0.717, 1.165) is 48.6 Å². The summed E-state index contributed by atoms with van der Waals surface area (Å²) in [4.78, 5) is 3.64. The van der Waals surface area contributed by atoms with Crippen LogP contribution in [0.3, 0.4) is 0 Å². The molecule has 0 unspecified atom stereocenters. The lowest BCUT2D eigenvalue weighted by Crippen LogP contribution is -2.21. The predicted octanol–water partition coefficient (Wildman–Crippen LogP) is 6.20. The summed E-state index contributed by atoms with van der Waals surface area (Å²) < 4.78 is 26.8. The van der Waals surface area contributed by atoms with Crippen molar-refractivity contribution in [3.05, 3.63) is 72.2 Å². The zero-order valence-electron chi connectivity index (χ0n) is 17.2. The molecule has 0 aliphatic carbocycles. The lowest BCUT2D eigenvalue weighted by atomic mass is 10.0. The third-order valence-corrected chi connectivity index (χ3v) is 5.07. The zero-order valence-corrected chi connectivity index (χ0v) is 17.2. The first-order chi connectivity index (χ1) is 13.4. The molecule has 152 valence electrons. The molecule has 2 rings (SSSR count). The van der Waals surface area contributed by atoms with Crippen molar-refractivity contribution >= 4 is 11.4 Å². The van der Waals surface area contributed by atoms with Gasteiger partial charge >= 0.3 is 0 Å². The highest BCUT2D eigenvalue weighted by atomic mass is 19.3. The van der Waals surface area contributed by atoms with Crippen molar-refractivity contribution in [1.29, 1.82) is 0 Å². The van der Waals surface area contributed by atoms with Gasteiger partial charge in [-0.25, -0.2) is 0 Å². The topological polar surface area (TPSA) is 18.5 Å². The summed E-state index contributed by atoms with van der Waals surface area (Å²) >= 11 is 0. The third kappa shape index (κ3) is 5.24. The van der Waals surface area contributed by atoms with Crippen LogP contribution < -0.4 is 5.32 Å². The molecule has 0 saturated heterocycles. The van der Waals surface area contributed by atoms with Crippen molar-refractivity contribution in [1.82, 2.24) is 9.80 Å². The molecule has 5 heteroatoms. The Morgan fingerprint density at radius 1 is 1.36 bits per heavy atom. The highest BCUT2D eigenvalue weighted by Gasteiger charge is 2.19. The number of anilines is 1. The maximum Gasteiger partial charge on any atom is 0.289 e. The van der Waals surface area contributed by atoms with Crippen molar-refractivity contribution in [3.63, 3.8) is 0 Å². The van der Waals surface area contributed by atoms with Gasteiger partial charge in [0.1, 0.15) is 0 Å². The number of rotatable bonds is 8. The van der Waals surface area contributed by atoms with Gasteiger partial charge in [0.05, 0.1) is 5.70 Å². The first-order valence-electron chi connectivity index (χ1n) is 9.78. The van der Waals surface area contributed by atoms with Crippen molar-refractivity contribution in [2.75, 3.05) is 25.5 Å². The highest BCUT2D eigenvalue weighted by Crippen LogP contribution is 2.30. The Hall–Kier alpha value is -2.56. The van der Waals surface area contributed by atoms with E-state index in [-0.39, 0.29) is 12.1 Å². The molecule has 1 aliphatic heterocycles. The molecular formula is C23H31F2N3. The van der Waals surface area contributed by atoms with Crippen LogP contribution in [-0.2, 0) is 6.42 Å². The minimum Gasteiger partial charge on any atom is -0.385 e. The molecule has 0 fully saturated rings. The second-order valence-corrected chi connectivity index (χ2v) is 7.01. The molecule has 3 nitrogen and oxygen atoms in total. The molecule has 1 heterocycles. The molecular weight excluding hydrogens is 356 g/mol. The smallest absolute Gasteiger partial charge is 0.289 e. The van der Waals surface area contributed by atoms with Crippen LogP contribution in [0.1, 0.15) is 44.2 Å². The van der Waals surface area contributed by atoms with E-state index in [1.165, 1.54) is 5.56 Å². The second-order valence-electron chi connectivity index (χ2n) is 7.01. The van der Waals surface area contributed by atoms with E-state index in [2.05, 4.69) is 48.5 Å². The fraction of sp³-hybridized carbons (Fsp3) is 0.391. The first-order valence-corrected chi connectivity index (χ1v) is 9.78. The number of hydrogen-bond donors (Lipinski definition) is 1. The van der Waals surface area contributed by atoms with Gasteiger partial charge in [0.2, 0.25) is 0 Å². The summed E-state index contributed by atoms with van der Waals surface area (Å²) in [5.41, 5.74) is 5.19. The van der Waals surface area contributed by atoms with E-state index in [0.29, 0.717) is 6.42 Å². The molecule has 1 aliphatic rings. The van der Waals surface area contributed by atoms with Gasteiger partial charge in [-0.05, 0) is 57.2 Å². The van der Waals surface area contributed by atoms with E-state index in [9.17, 15) is 8.78 Å². The van der Waals surface area contributed by atoms with Crippen molar-refractivity contribution in [2.24, 2.45) is 0 Å². The van der Waals surface area contributed by atoms with Gasteiger partial charge in [0.15, 0.2) is 0 Å². The van der Waals surface area contributed by atoms with Crippen molar-refractivity contribution < 1.29 is 8.78 Å². The van der Waals surface area contributed by atoms with Crippen molar-refractivity contribution in [3.8, 4) is 0 Å². The first kappa shape index (κ1) is 21.7. The Bertz CT molecular complexity index is 776. The Morgan fingerprint density at radius 3 is 2.75 bits per heavy atom. The van der Waals surface area contributed by atoms with E-state index in [4.69, 9.17) is 0 Å². The SMILES string of the molecule is C=CCCC(=C(F)F)N(C)/C(C)=C/N1CCCc2cc(NCC)ccc2C1=C. The number of benzene rings is 1. The molecule has 1 aromatic rings. The average Bonchev–Trinajstić information content (AvgIpc) is 2.81. The van der Waals surface area contributed by atoms with Crippen LogP contribution in [0.15, 0.2) is 61.1 Å². The molecule has 0 radical (unpaired) electrons. The molecule has 0 atom stereocenters. The molecule has 0 bridgehead atoms. The summed E-state index contributed by atoms with van der Waals surface area (Å²) in [5.74, 6) is 0. The molecule has 0 saturated carbocycles. The van der Waals surface area contributed by atoms with Crippen LogP contribution in [-0.4, -0.2) is 29.9 Å². The fourth-order valence-electron chi connectivity index (χ4n) is 3.42. The highest BCUT2D eigenvalue weighted by molar-refractivity contribution is 5.69. The van der Waals surface area contributed by atoms with Crippen LogP contribution in [0.25, 0.3) is 5.70 Å². The van der Waals surface area contributed by atoms with Gasteiger partial charge in [0, 0.05) is 49.0 Å². The van der Waals surface area contributed by atoms with E-state index in [1.54, 1.807) is 18.0 Å². The van der Waals surface area contributed by atoms with Crippen LogP contribution >= 0.6 is 0 Å². The van der Waals surface area contributed by atoms with E-state index >= 15 is 0 Å². The number of hydrogen-bond acceptors (Lipinski definition) is 3. The Labute approximate surface area is 167 Å². The van der Waals surface area contributed by atoms with Gasteiger partial charge in [-0.1, -0.05) is 18.7 Å². The van der Waals surface area contributed by atoms with E-state index < -0.39 is 6.08 Å². The maximum atomic E-state index is 13.4. The van der Waals surface area contributed by atoms with Crippen LogP contribution in [0.5, 0.6) is 0 Å². The Balaban J connectivity index is 2.25. The van der Waals surface area contributed by atoms with E-state index in [1.807, 2.05) is 13.1 Å². The summed E-state index contributed by atoms with van der Waals surface area (Å²) in [6.07, 6.45) is 4.67. The molecule has 28 heavy (non-hydrogen) atoms. The molecule has 1 N–H and O–H groups in total. The molecule has 0 amide bonds. The van der Waals surface area contributed by atoms with Gasteiger partial charge in [-0.3, -0.25) is 0 Å². The number of halogens is 2. The standard InChI is InChI=1S/C23H31F2N3/c1-6-8-11-22(23(24)25)27(5)17(3)16-28-14-9-10-19-15-20(26-7-2)12-13-21(19)18(28)4/h6,12-13,15-16,26H,1,4,7-11,14H2,2-3,5H3/b17-16+. The van der Waals surface area contributed by atoms with Crippen LogP contribution in [0.4, 0.5) is 14.5 Å². The number of fused-ring (bicyclic) bond motifs is 1. The monoisotopic (exact) mass is 387 g/mol. The fourth-order valence-corrected chi connectivity index (χ4v) is 3.42. The van der Waals surface area contributed by atoms with Gasteiger partial charge in [0.25, 0.3) is 6.08 Å². The van der Waals surface area contributed by atoms with Crippen LogP contribution in [0, 0.1) is 0 Å². The zero-order chi connectivity index (χ0) is 20.7. The summed E-state index contributed by atoms with van der Waals surface area (Å²) in [5, 5.41) is 3.35. The van der Waals surface area contributed by atoms with Crippen LogP contribution in [0.2, 0.25) is 0 Å². The third-order valence-electron chi connectivity index (χ3n) is 5.07. The summed E-state index contributed by atoms with van der Waals surface area (Å²) in [6, 6.07) is 6.34. The number of aryl methyl sites for hydroxylation is 1. The second kappa shape index (κ2) is 10.1. The Kier molecular flexibility index (Phi) is 7.85. The molecule has 0 spiro atoms. The lowest BCUT2D eigenvalue weighted by Gasteiger charge is -2.27. The normalized spacial score (nSPS) is 14.2.